The van der Waals surface area contributed by atoms with Gasteiger partial charge in [0.05, 0.1) is 21.1 Å². The Morgan fingerprint density at radius 1 is 0.965 bits per heavy atom. The minimum absolute atomic E-state index is 0. The van der Waals surface area contributed by atoms with Crippen LogP contribution in [0.4, 0.5) is 5.69 Å². The van der Waals surface area contributed by atoms with E-state index in [2.05, 4.69) is 4.58 Å². The van der Waals surface area contributed by atoms with Crippen molar-refractivity contribution in [3.63, 3.8) is 0 Å². The van der Waals surface area contributed by atoms with E-state index >= 15 is 0 Å². The molecule has 57 heavy (non-hydrogen) atoms. The number of carboxylic acid groups (broad SMARTS) is 1. The molecular weight excluding hydrogens is 784 g/mol. The van der Waals surface area contributed by atoms with Gasteiger partial charge in [0, 0.05) is 66.9 Å². The molecule has 0 radical (unpaired) electrons. The number of benzene rings is 3. The van der Waals surface area contributed by atoms with Gasteiger partial charge < -0.3 is 33.0 Å². The Hall–Kier alpha value is -3.64. The summed E-state index contributed by atoms with van der Waals surface area (Å²) in [6, 6.07) is 20.0. The first-order chi connectivity index (χ1) is 26.6. The molecule has 2 aromatic carbocycles. The number of rotatable bonds is 18. The van der Waals surface area contributed by atoms with Gasteiger partial charge in [-0.15, -0.1) is 0 Å². The summed E-state index contributed by atoms with van der Waals surface area (Å²) in [5, 5.41) is 10.4. The quantitative estimate of drug-likeness (QED) is 0.0876. The first-order valence-corrected chi connectivity index (χ1v) is 21.2. The van der Waals surface area contributed by atoms with Gasteiger partial charge >= 0.3 is 35.5 Å². The zero-order chi connectivity index (χ0) is 40.7. The summed E-state index contributed by atoms with van der Waals surface area (Å²) in [5.41, 5.74) is 4.34. The van der Waals surface area contributed by atoms with Gasteiger partial charge in [-0.05, 0) is 86.2 Å². The number of allylic oxidation sites excluding steroid dienone is 3. The predicted molar refractivity (Wildman–Crippen MR) is 211 cm³/mol. The Kier molecular flexibility index (Phi) is 16.1. The van der Waals surface area contributed by atoms with E-state index in [1.165, 1.54) is 18.2 Å². The average molecular weight is 831 g/mol. The molecule has 0 amide bonds. The average Bonchev–Trinajstić information content (AvgIpc) is 3.37. The number of carbonyl (C=O) groups is 1. The molecule has 1 atom stereocenters. The van der Waals surface area contributed by atoms with Crippen LogP contribution in [0.3, 0.4) is 0 Å². The van der Waals surface area contributed by atoms with Crippen LogP contribution in [0.1, 0.15) is 49.5 Å². The molecule has 0 fully saturated rings. The molecule has 300 valence electrons. The molecule has 1 aliphatic carbocycles. The number of hydrogen-bond donors (Lipinski definition) is 1. The molecule has 5 rings (SSSR count). The molecule has 2 aromatic rings. The zero-order valence-corrected chi connectivity index (χ0v) is 36.5. The van der Waals surface area contributed by atoms with E-state index in [0.717, 1.165) is 27.6 Å². The maximum Gasteiger partial charge on any atom is 1.00 e. The number of methoxy groups -OCH3 is 2. The summed E-state index contributed by atoms with van der Waals surface area (Å²) in [7, 11) is -6.07. The molecule has 1 unspecified atom stereocenters. The van der Waals surface area contributed by atoms with Gasteiger partial charge in [0.1, 0.15) is 34.9 Å². The second kappa shape index (κ2) is 19.9. The minimum atomic E-state index is -4.85. The molecule has 3 aliphatic rings. The molecule has 2 aliphatic heterocycles. The Morgan fingerprint density at radius 3 is 2.26 bits per heavy atom. The summed E-state index contributed by atoms with van der Waals surface area (Å²) >= 11 is 0. The molecule has 0 saturated carbocycles. The first-order valence-electron chi connectivity index (χ1n) is 18.2. The molecule has 0 bridgehead atoms. The largest absolute Gasteiger partial charge is 1.00 e. The zero-order valence-electron chi connectivity index (χ0n) is 32.9. The second-order valence-electron chi connectivity index (χ2n) is 13.9. The van der Waals surface area contributed by atoms with Crippen LogP contribution < -0.4 is 44.4 Å². The van der Waals surface area contributed by atoms with Crippen LogP contribution in [-0.4, -0.2) is 89.8 Å². The monoisotopic (exact) mass is 830 g/mol. The number of nitrogens with zero attached hydrogens (tertiary/aromatic N) is 2. The molecule has 2 heterocycles. The van der Waals surface area contributed by atoms with Gasteiger partial charge in [-0.2, -0.15) is 0 Å². The number of carboxylic acids is 1. The second-order valence-corrected chi connectivity index (χ2v) is 16.8. The maximum atomic E-state index is 12.1. The van der Waals surface area contributed by atoms with Crippen molar-refractivity contribution >= 4 is 38.0 Å². The van der Waals surface area contributed by atoms with Crippen LogP contribution >= 0.6 is 0 Å². The van der Waals surface area contributed by atoms with Crippen molar-refractivity contribution in [2.24, 2.45) is 0 Å². The maximum absolute atomic E-state index is 12.1. The van der Waals surface area contributed by atoms with Crippen molar-refractivity contribution in [1.82, 2.24) is 4.58 Å². The molecular formula is C41H47N2NaO11S2. The van der Waals surface area contributed by atoms with Crippen LogP contribution in [0.15, 0.2) is 93.9 Å². The third kappa shape index (κ3) is 11.3. The Bertz CT molecular complexity index is 2370. The third-order valence-electron chi connectivity index (χ3n) is 10.1. The van der Waals surface area contributed by atoms with Crippen LogP contribution in [0.5, 0.6) is 0 Å². The van der Waals surface area contributed by atoms with Gasteiger partial charge in [-0.1, -0.05) is 36.4 Å². The van der Waals surface area contributed by atoms with E-state index in [1.54, 1.807) is 31.3 Å². The van der Waals surface area contributed by atoms with Crippen molar-refractivity contribution < 1.29 is 79.3 Å². The molecule has 0 saturated heterocycles. The predicted octanol–water partition coefficient (Wildman–Crippen LogP) is 2.20. The van der Waals surface area contributed by atoms with E-state index < -0.39 is 42.3 Å². The number of ether oxygens (including phenoxy) is 2. The van der Waals surface area contributed by atoms with E-state index in [-0.39, 0.29) is 61.8 Å². The fourth-order valence-corrected chi connectivity index (χ4v) is 8.32. The van der Waals surface area contributed by atoms with Crippen LogP contribution in [0.25, 0.3) is 28.5 Å². The Labute approximate surface area is 356 Å². The molecule has 13 nitrogen and oxygen atoms in total. The van der Waals surface area contributed by atoms with Gasteiger partial charge in [0.15, 0.2) is 13.1 Å². The smallest absolute Gasteiger partial charge is 0.748 e. The summed E-state index contributed by atoms with van der Waals surface area (Å²) < 4.78 is 90.6. The van der Waals surface area contributed by atoms with E-state index in [1.807, 2.05) is 68.5 Å². The summed E-state index contributed by atoms with van der Waals surface area (Å²) in [6.45, 7) is 6.18. The van der Waals surface area contributed by atoms with Crippen molar-refractivity contribution in [2.75, 3.05) is 57.7 Å². The van der Waals surface area contributed by atoms with Crippen molar-refractivity contribution in [3.8, 4) is 22.5 Å². The normalized spacial score (nSPS) is 16.3. The van der Waals surface area contributed by atoms with Gasteiger partial charge in [-0.3, -0.25) is 4.79 Å². The van der Waals surface area contributed by atoms with Crippen molar-refractivity contribution in [1.29, 1.82) is 0 Å². The fraction of sp³-hybridized carbons (Fsp3) is 0.366. The number of fused-ring (bicyclic) bond motifs is 2. The topological polar surface area (TPSA) is 190 Å². The standard InChI is InChI=1S/C41H48N2O11S2.Na/c1-29-36(54-37-27-31(42(22-24-52-3)23-25-53-4)16-18-33(37)40(29)30-11-6-5-7-12-30)13-8-14-38-41(2,20-9-15-39(44)45)34-28-32(56(49,50)51)17-19-35(34)43(38)21-10-26-55(46,47)48;/h5-8,11-14,16-19,27-28H,9-10,15,20-26H2,1-4H3,(H2-,44,45,46,47,48,49,50,51);/q;+1/p-1. The first kappa shape index (κ1) is 46.1. The van der Waals surface area contributed by atoms with Gasteiger partial charge in [0.25, 0.3) is 0 Å². The SMILES string of the molecule is COCC[N+](CCOC)=c1ccc2c(-c3ccccc3)c(C)c(/C=C/C=C3/N(CCCS(=O)(=O)[O-])c4ccc(S(=O)(=O)[O-])cc4C3(C)CCCC(=O)O)oc-2c1.[Na+]. The third-order valence-corrected chi connectivity index (χ3v) is 11.7. The van der Waals surface area contributed by atoms with E-state index in [0.29, 0.717) is 54.8 Å². The number of aliphatic carboxylic acids is 1. The van der Waals surface area contributed by atoms with Crippen molar-refractivity contribution in [3.05, 3.63) is 107 Å². The minimum Gasteiger partial charge on any atom is -0.748 e. The molecule has 0 aromatic heterocycles. The van der Waals surface area contributed by atoms with Gasteiger partial charge in [-0.25, -0.2) is 21.4 Å². The van der Waals surface area contributed by atoms with E-state index in [4.69, 9.17) is 13.9 Å². The van der Waals surface area contributed by atoms with Crippen LogP contribution in [0.2, 0.25) is 0 Å². The van der Waals surface area contributed by atoms with Crippen LogP contribution in [-0.2, 0) is 39.9 Å². The fourth-order valence-electron chi connectivity index (χ4n) is 7.34. The Morgan fingerprint density at radius 2 is 1.65 bits per heavy atom. The number of anilines is 1. The van der Waals surface area contributed by atoms with Gasteiger partial charge in [0.2, 0.25) is 5.36 Å². The molecule has 16 heteroatoms. The summed E-state index contributed by atoms with van der Waals surface area (Å²) in [4.78, 5) is 12.9. The molecule has 0 spiro atoms. The number of hydrogen-bond acceptors (Lipinski definition) is 11. The summed E-state index contributed by atoms with van der Waals surface area (Å²) in [6.07, 6.45) is 5.67. The summed E-state index contributed by atoms with van der Waals surface area (Å²) in [5.74, 6) is -0.439. The Balaban J connectivity index is 0.00000720. The molecule has 1 N–H and O–H groups in total. The van der Waals surface area contributed by atoms with Crippen LogP contribution in [0, 0.1) is 6.92 Å². The van der Waals surface area contributed by atoms with Crippen molar-refractivity contribution in [2.45, 2.75) is 49.8 Å². The van der Waals surface area contributed by atoms with E-state index in [9.17, 15) is 35.8 Å².